The largest absolute Gasteiger partial charge is 0.493 e. The number of hydrogen-bond acceptors (Lipinski definition) is 8. The van der Waals surface area contributed by atoms with Crippen molar-refractivity contribution in [3.8, 4) is 22.6 Å². The molecule has 0 atom stereocenters. The van der Waals surface area contributed by atoms with Crippen molar-refractivity contribution in [3.05, 3.63) is 83.8 Å². The van der Waals surface area contributed by atoms with E-state index >= 15 is 0 Å². The van der Waals surface area contributed by atoms with Gasteiger partial charge >= 0.3 is 0 Å². The highest BCUT2D eigenvalue weighted by atomic mass is 16.5. The van der Waals surface area contributed by atoms with E-state index in [2.05, 4.69) is 15.0 Å². The van der Waals surface area contributed by atoms with Gasteiger partial charge in [-0.3, -0.25) is 4.98 Å². The van der Waals surface area contributed by atoms with E-state index in [0.717, 1.165) is 27.9 Å². The van der Waals surface area contributed by atoms with Crippen LogP contribution in [0, 0.1) is 0 Å². The van der Waals surface area contributed by atoms with E-state index in [1.807, 2.05) is 61.5 Å². The van der Waals surface area contributed by atoms with Crippen molar-refractivity contribution < 1.29 is 9.47 Å². The average Bonchev–Trinajstić information content (AvgIpc) is 2.83. The third kappa shape index (κ3) is 5.35. The Kier molecular flexibility index (Phi) is 7.07. The standard InChI is InChI=1S/C26H28N6O2/c1-2-33-22-10-9-18(14-19-16-31-26(29)32-25(19)28)24(23(22)17-6-5-7-20(27)15-17)34-13-11-21-8-3-4-12-30-21/h3-10,12,15-16H,2,11,13-14,27H2,1H3,(H4,28,29,31,32). The fraction of sp³-hybridized carbons (Fsp3) is 0.192. The van der Waals surface area contributed by atoms with Crippen molar-refractivity contribution in [1.82, 2.24) is 15.0 Å². The van der Waals surface area contributed by atoms with Crippen LogP contribution in [0.1, 0.15) is 23.7 Å². The van der Waals surface area contributed by atoms with E-state index in [-0.39, 0.29) is 5.95 Å². The SMILES string of the molecule is CCOc1ccc(Cc2cnc(N)nc2N)c(OCCc2ccccn2)c1-c1cccc(N)c1. The number of aromatic nitrogens is 3. The lowest BCUT2D eigenvalue weighted by Gasteiger charge is -2.20. The Labute approximate surface area is 198 Å². The molecule has 0 aliphatic heterocycles. The Bertz CT molecular complexity index is 1260. The molecule has 8 heteroatoms. The maximum absolute atomic E-state index is 6.42. The van der Waals surface area contributed by atoms with Crippen molar-refractivity contribution in [2.75, 3.05) is 30.4 Å². The smallest absolute Gasteiger partial charge is 0.221 e. The maximum Gasteiger partial charge on any atom is 0.221 e. The molecule has 34 heavy (non-hydrogen) atoms. The van der Waals surface area contributed by atoms with E-state index in [4.69, 9.17) is 26.7 Å². The summed E-state index contributed by atoms with van der Waals surface area (Å²) in [7, 11) is 0. The monoisotopic (exact) mass is 456 g/mol. The third-order valence-electron chi connectivity index (χ3n) is 5.30. The third-order valence-corrected chi connectivity index (χ3v) is 5.30. The lowest BCUT2D eigenvalue weighted by atomic mass is 9.96. The number of anilines is 3. The minimum atomic E-state index is 0.139. The summed E-state index contributed by atoms with van der Waals surface area (Å²) in [5.41, 5.74) is 22.9. The molecular formula is C26H28N6O2. The Morgan fingerprint density at radius 2 is 1.76 bits per heavy atom. The minimum absolute atomic E-state index is 0.139. The van der Waals surface area contributed by atoms with Gasteiger partial charge in [-0.2, -0.15) is 4.98 Å². The maximum atomic E-state index is 6.42. The summed E-state index contributed by atoms with van der Waals surface area (Å²) in [6.07, 6.45) is 4.54. The summed E-state index contributed by atoms with van der Waals surface area (Å²) in [6, 6.07) is 17.4. The summed E-state index contributed by atoms with van der Waals surface area (Å²) in [5.74, 6) is 1.89. The molecule has 6 N–H and O–H groups in total. The van der Waals surface area contributed by atoms with Gasteiger partial charge in [-0.1, -0.05) is 24.3 Å². The number of ether oxygens (including phenoxy) is 2. The number of rotatable bonds is 9. The van der Waals surface area contributed by atoms with Crippen molar-refractivity contribution in [1.29, 1.82) is 0 Å². The first-order valence-electron chi connectivity index (χ1n) is 11.1. The molecule has 2 aromatic carbocycles. The van der Waals surface area contributed by atoms with Gasteiger partial charge in [-0.25, -0.2) is 4.98 Å². The summed E-state index contributed by atoms with van der Waals surface area (Å²) in [4.78, 5) is 12.6. The van der Waals surface area contributed by atoms with Crippen LogP contribution < -0.4 is 26.7 Å². The number of pyridine rings is 1. The molecule has 0 amide bonds. The number of nitrogen functional groups attached to an aromatic ring is 3. The van der Waals surface area contributed by atoms with Gasteiger partial charge in [-0.15, -0.1) is 0 Å². The van der Waals surface area contributed by atoms with Crippen molar-refractivity contribution in [2.45, 2.75) is 19.8 Å². The van der Waals surface area contributed by atoms with Crippen LogP contribution in [0.5, 0.6) is 11.5 Å². The second-order valence-electron chi connectivity index (χ2n) is 7.72. The number of hydrogen-bond donors (Lipinski definition) is 3. The first-order chi connectivity index (χ1) is 16.5. The molecular weight excluding hydrogens is 428 g/mol. The van der Waals surface area contributed by atoms with Crippen LogP contribution in [0.3, 0.4) is 0 Å². The number of benzene rings is 2. The Hall–Kier alpha value is -4.33. The van der Waals surface area contributed by atoms with Gasteiger partial charge in [0.15, 0.2) is 0 Å². The van der Waals surface area contributed by atoms with E-state index in [1.165, 1.54) is 0 Å². The van der Waals surface area contributed by atoms with E-state index in [9.17, 15) is 0 Å². The van der Waals surface area contributed by atoms with Crippen LogP contribution in [0.4, 0.5) is 17.5 Å². The van der Waals surface area contributed by atoms with Crippen LogP contribution in [-0.4, -0.2) is 28.2 Å². The van der Waals surface area contributed by atoms with Gasteiger partial charge in [-0.05, 0) is 48.4 Å². The minimum Gasteiger partial charge on any atom is -0.493 e. The van der Waals surface area contributed by atoms with Gasteiger partial charge in [0.25, 0.3) is 0 Å². The summed E-state index contributed by atoms with van der Waals surface area (Å²) < 4.78 is 12.4. The molecule has 4 aromatic rings. The fourth-order valence-electron chi connectivity index (χ4n) is 3.73. The van der Waals surface area contributed by atoms with Gasteiger partial charge in [0.2, 0.25) is 5.95 Å². The lowest BCUT2D eigenvalue weighted by Crippen LogP contribution is -2.09. The molecule has 0 radical (unpaired) electrons. The molecule has 8 nitrogen and oxygen atoms in total. The zero-order valence-electron chi connectivity index (χ0n) is 19.1. The number of nitrogens with zero attached hydrogens (tertiary/aromatic N) is 3. The molecule has 174 valence electrons. The zero-order chi connectivity index (χ0) is 23.9. The summed E-state index contributed by atoms with van der Waals surface area (Å²) in [6.45, 7) is 2.90. The van der Waals surface area contributed by atoms with E-state index in [0.29, 0.717) is 49.1 Å². The molecule has 0 unspecified atom stereocenters. The van der Waals surface area contributed by atoms with Crippen LogP contribution in [0.2, 0.25) is 0 Å². The van der Waals surface area contributed by atoms with Crippen LogP contribution in [0.15, 0.2) is 67.0 Å². The van der Waals surface area contributed by atoms with Crippen LogP contribution >= 0.6 is 0 Å². The molecule has 0 spiro atoms. The Morgan fingerprint density at radius 1 is 0.882 bits per heavy atom. The quantitative estimate of drug-likeness (QED) is 0.323. The fourth-order valence-corrected chi connectivity index (χ4v) is 3.73. The van der Waals surface area contributed by atoms with Gasteiger partial charge in [0.05, 0.1) is 18.8 Å². The van der Waals surface area contributed by atoms with Crippen molar-refractivity contribution in [2.24, 2.45) is 0 Å². The molecule has 0 bridgehead atoms. The molecule has 2 heterocycles. The summed E-state index contributed by atoms with van der Waals surface area (Å²) >= 11 is 0. The van der Waals surface area contributed by atoms with Gasteiger partial charge in [0, 0.05) is 42.2 Å². The first-order valence-corrected chi connectivity index (χ1v) is 11.1. The van der Waals surface area contributed by atoms with E-state index < -0.39 is 0 Å². The topological polar surface area (TPSA) is 135 Å². The van der Waals surface area contributed by atoms with Gasteiger partial charge in [0.1, 0.15) is 17.3 Å². The molecule has 4 rings (SSSR count). The molecule has 0 saturated carbocycles. The number of nitrogens with two attached hydrogens (primary N) is 3. The Morgan fingerprint density at radius 3 is 2.50 bits per heavy atom. The molecule has 0 aliphatic rings. The molecule has 0 fully saturated rings. The Balaban J connectivity index is 1.78. The zero-order valence-corrected chi connectivity index (χ0v) is 19.1. The molecule has 2 aromatic heterocycles. The second-order valence-corrected chi connectivity index (χ2v) is 7.72. The highest BCUT2D eigenvalue weighted by molar-refractivity contribution is 5.80. The highest BCUT2D eigenvalue weighted by Crippen LogP contribution is 2.42. The average molecular weight is 457 g/mol. The molecule has 0 aliphatic carbocycles. The van der Waals surface area contributed by atoms with E-state index in [1.54, 1.807) is 12.4 Å². The summed E-state index contributed by atoms with van der Waals surface area (Å²) in [5, 5.41) is 0. The van der Waals surface area contributed by atoms with Crippen LogP contribution in [-0.2, 0) is 12.8 Å². The normalized spacial score (nSPS) is 10.7. The first kappa shape index (κ1) is 22.8. The highest BCUT2D eigenvalue weighted by Gasteiger charge is 2.20. The molecule has 0 saturated heterocycles. The second kappa shape index (κ2) is 10.5. The predicted octanol–water partition coefficient (Wildman–Crippen LogP) is 3.90. The predicted molar refractivity (Wildman–Crippen MR) is 135 cm³/mol. The van der Waals surface area contributed by atoms with Crippen molar-refractivity contribution >= 4 is 17.5 Å². The lowest BCUT2D eigenvalue weighted by molar-refractivity contribution is 0.311. The van der Waals surface area contributed by atoms with Crippen LogP contribution in [0.25, 0.3) is 11.1 Å². The van der Waals surface area contributed by atoms with Crippen molar-refractivity contribution in [3.63, 3.8) is 0 Å². The van der Waals surface area contributed by atoms with Gasteiger partial charge < -0.3 is 26.7 Å².